The Morgan fingerprint density at radius 1 is 0.545 bits per heavy atom. The lowest BCUT2D eigenvalue weighted by molar-refractivity contribution is 0.627. The molecule has 6 rings (SSSR count). The van der Waals surface area contributed by atoms with Crippen molar-refractivity contribution in [3.05, 3.63) is 155 Å². The van der Waals surface area contributed by atoms with Gasteiger partial charge in [-0.1, -0.05) is 109 Å². The molecule has 0 nitrogen and oxygen atoms in total. The molecule has 158 valence electrons. The molecule has 0 N–H and O–H groups in total. The van der Waals surface area contributed by atoms with E-state index < -0.39 is 5.41 Å². The van der Waals surface area contributed by atoms with Gasteiger partial charge in [0.2, 0.25) is 0 Å². The van der Waals surface area contributed by atoms with Gasteiger partial charge >= 0.3 is 0 Å². The van der Waals surface area contributed by atoms with Gasteiger partial charge in [-0.05, 0) is 69.1 Å². The highest BCUT2D eigenvalue weighted by Crippen LogP contribution is 2.58. The first kappa shape index (κ1) is 19.7. The highest BCUT2D eigenvalue weighted by atomic mass is 19.1. The fraction of sp³-hybridized carbons (Fsp3) is 0.0625. The van der Waals surface area contributed by atoms with Crippen LogP contribution < -0.4 is 0 Å². The molecule has 0 saturated heterocycles. The van der Waals surface area contributed by atoms with E-state index in [0.717, 1.165) is 16.7 Å². The van der Waals surface area contributed by atoms with Gasteiger partial charge in [0.05, 0.1) is 5.41 Å². The molecule has 5 aromatic carbocycles. The van der Waals surface area contributed by atoms with E-state index in [1.54, 1.807) is 12.1 Å². The lowest BCUT2D eigenvalue weighted by Crippen LogP contribution is -2.29. The summed E-state index contributed by atoms with van der Waals surface area (Å²) in [6.45, 7) is 1.95. The van der Waals surface area contributed by atoms with E-state index in [2.05, 4.69) is 109 Å². The fourth-order valence-corrected chi connectivity index (χ4v) is 5.64. The summed E-state index contributed by atoms with van der Waals surface area (Å²) in [5, 5.41) is 0. The Hall–Kier alpha value is -3.97. The van der Waals surface area contributed by atoms with Gasteiger partial charge in [0.25, 0.3) is 0 Å². The third-order valence-electron chi connectivity index (χ3n) is 6.83. The average molecular weight is 427 g/mol. The van der Waals surface area contributed by atoms with Crippen LogP contribution in [0.2, 0.25) is 0 Å². The van der Waals surface area contributed by atoms with E-state index in [0.29, 0.717) is 0 Å². The number of fused-ring (bicyclic) bond motifs is 3. The van der Waals surface area contributed by atoms with Crippen LogP contribution in [0.3, 0.4) is 0 Å². The van der Waals surface area contributed by atoms with Crippen LogP contribution in [0.4, 0.5) is 4.39 Å². The Balaban J connectivity index is 1.81. The van der Waals surface area contributed by atoms with Crippen LogP contribution in [0.25, 0.3) is 22.3 Å². The van der Waals surface area contributed by atoms with Crippen LogP contribution in [0.15, 0.2) is 121 Å². The first-order valence-corrected chi connectivity index (χ1v) is 11.3. The minimum Gasteiger partial charge on any atom is -0.207 e. The zero-order valence-corrected chi connectivity index (χ0v) is 18.4. The monoisotopic (exact) mass is 426 g/mol. The van der Waals surface area contributed by atoms with Crippen molar-refractivity contribution in [2.24, 2.45) is 0 Å². The number of halogens is 1. The van der Waals surface area contributed by atoms with Gasteiger partial charge in [-0.15, -0.1) is 0 Å². The van der Waals surface area contributed by atoms with Gasteiger partial charge in [-0.2, -0.15) is 0 Å². The molecular weight excluding hydrogens is 403 g/mol. The molecule has 5 aromatic rings. The van der Waals surface area contributed by atoms with E-state index in [1.165, 1.54) is 33.4 Å². The van der Waals surface area contributed by atoms with E-state index in [-0.39, 0.29) is 5.82 Å². The second-order valence-corrected chi connectivity index (χ2v) is 8.77. The largest absolute Gasteiger partial charge is 0.207 e. The zero-order chi connectivity index (χ0) is 22.4. The van der Waals surface area contributed by atoms with Crippen molar-refractivity contribution < 1.29 is 4.39 Å². The highest BCUT2D eigenvalue weighted by Gasteiger charge is 2.47. The minimum absolute atomic E-state index is 0.205. The van der Waals surface area contributed by atoms with Gasteiger partial charge in [-0.25, -0.2) is 4.39 Å². The molecule has 0 aliphatic heterocycles. The molecule has 0 aromatic heterocycles. The predicted molar refractivity (Wildman–Crippen MR) is 134 cm³/mol. The fourth-order valence-electron chi connectivity index (χ4n) is 5.64. The van der Waals surface area contributed by atoms with Crippen LogP contribution in [0.5, 0.6) is 0 Å². The van der Waals surface area contributed by atoms with Gasteiger partial charge in [0.1, 0.15) is 5.82 Å². The molecular formula is C32H23F. The predicted octanol–water partition coefficient (Wildman–Crippen LogP) is 8.16. The van der Waals surface area contributed by atoms with Crippen LogP contribution in [0, 0.1) is 12.7 Å². The second-order valence-electron chi connectivity index (χ2n) is 8.77. The first-order valence-electron chi connectivity index (χ1n) is 11.3. The zero-order valence-electron chi connectivity index (χ0n) is 18.4. The Morgan fingerprint density at radius 2 is 1.12 bits per heavy atom. The van der Waals surface area contributed by atoms with Crippen LogP contribution >= 0.6 is 0 Å². The Morgan fingerprint density at radius 3 is 1.79 bits per heavy atom. The summed E-state index contributed by atoms with van der Waals surface area (Å²) in [6.07, 6.45) is 0. The summed E-state index contributed by atoms with van der Waals surface area (Å²) >= 11 is 0. The minimum atomic E-state index is -0.495. The number of hydrogen-bond donors (Lipinski definition) is 0. The van der Waals surface area contributed by atoms with Crippen molar-refractivity contribution in [2.75, 3.05) is 0 Å². The van der Waals surface area contributed by atoms with Crippen molar-refractivity contribution in [3.8, 4) is 22.3 Å². The highest BCUT2D eigenvalue weighted by molar-refractivity contribution is 5.92. The van der Waals surface area contributed by atoms with E-state index >= 15 is 0 Å². The van der Waals surface area contributed by atoms with E-state index in [4.69, 9.17) is 0 Å². The quantitative estimate of drug-likeness (QED) is 0.268. The SMILES string of the molecule is Cc1cc(F)cc(-c2cccc3c2C(c2ccccc2)(c2ccccc2)c2ccccc2-3)c1. The van der Waals surface area contributed by atoms with Gasteiger partial charge < -0.3 is 0 Å². The first-order chi connectivity index (χ1) is 16.2. The number of aryl methyl sites for hydroxylation is 1. The maximum absolute atomic E-state index is 14.6. The number of rotatable bonds is 3. The maximum atomic E-state index is 14.6. The van der Waals surface area contributed by atoms with E-state index in [9.17, 15) is 4.39 Å². The molecule has 1 heteroatoms. The second kappa shape index (κ2) is 7.56. The molecule has 1 aliphatic carbocycles. The normalized spacial score (nSPS) is 13.4. The standard InChI is InChI=1S/C32H23F/c1-22-19-23(21-26(33)20-22)27-16-10-17-29-28-15-8-9-18-30(28)32(31(27)29,24-11-4-2-5-12-24)25-13-6-3-7-14-25/h2-21H,1H3. The molecule has 0 amide bonds. The maximum Gasteiger partial charge on any atom is 0.124 e. The van der Waals surface area contributed by atoms with Crippen LogP contribution in [-0.4, -0.2) is 0 Å². The summed E-state index contributed by atoms with van der Waals surface area (Å²) in [5.41, 5.74) is 9.74. The lowest BCUT2D eigenvalue weighted by Gasteiger charge is -2.35. The molecule has 0 heterocycles. The summed E-state index contributed by atoms with van der Waals surface area (Å²) in [4.78, 5) is 0. The van der Waals surface area contributed by atoms with Crippen molar-refractivity contribution in [1.82, 2.24) is 0 Å². The summed E-state index contributed by atoms with van der Waals surface area (Å²) in [7, 11) is 0. The van der Waals surface area contributed by atoms with Gasteiger partial charge in [0, 0.05) is 0 Å². The summed E-state index contributed by atoms with van der Waals surface area (Å²) < 4.78 is 14.6. The molecule has 0 atom stereocenters. The van der Waals surface area contributed by atoms with Crippen LogP contribution in [0.1, 0.15) is 27.8 Å². The van der Waals surface area contributed by atoms with Crippen molar-refractivity contribution in [1.29, 1.82) is 0 Å². The third-order valence-corrected chi connectivity index (χ3v) is 6.83. The Kier molecular flexibility index (Phi) is 4.52. The Bertz CT molecular complexity index is 1410. The summed E-state index contributed by atoms with van der Waals surface area (Å²) in [6, 6.07) is 41.9. The molecule has 0 saturated carbocycles. The average Bonchev–Trinajstić information content (AvgIpc) is 3.16. The number of benzene rings is 5. The lowest BCUT2D eigenvalue weighted by atomic mass is 9.66. The molecule has 0 unspecified atom stereocenters. The Labute approximate surface area is 194 Å². The number of hydrogen-bond acceptors (Lipinski definition) is 0. The molecule has 0 fully saturated rings. The molecule has 0 bridgehead atoms. The van der Waals surface area contributed by atoms with Gasteiger partial charge in [-0.3, -0.25) is 0 Å². The van der Waals surface area contributed by atoms with E-state index in [1.807, 2.05) is 6.92 Å². The molecule has 0 spiro atoms. The smallest absolute Gasteiger partial charge is 0.124 e. The topological polar surface area (TPSA) is 0 Å². The van der Waals surface area contributed by atoms with Crippen molar-refractivity contribution in [2.45, 2.75) is 12.3 Å². The molecule has 1 aliphatic rings. The third kappa shape index (κ3) is 2.89. The van der Waals surface area contributed by atoms with Crippen molar-refractivity contribution >= 4 is 0 Å². The van der Waals surface area contributed by atoms with Crippen LogP contribution in [-0.2, 0) is 5.41 Å². The summed E-state index contributed by atoms with van der Waals surface area (Å²) in [5.74, 6) is -0.205. The van der Waals surface area contributed by atoms with Crippen molar-refractivity contribution in [3.63, 3.8) is 0 Å². The van der Waals surface area contributed by atoms with Gasteiger partial charge in [0.15, 0.2) is 0 Å². The molecule has 33 heavy (non-hydrogen) atoms. The molecule has 0 radical (unpaired) electrons.